The molecule has 0 aromatic carbocycles. The van der Waals surface area contributed by atoms with Crippen molar-refractivity contribution in [1.82, 2.24) is 0 Å². The van der Waals surface area contributed by atoms with Gasteiger partial charge in [-0.05, 0) is 18.6 Å². The summed E-state index contributed by atoms with van der Waals surface area (Å²) >= 11 is 0. The molecule has 2 heteroatoms. The lowest BCUT2D eigenvalue weighted by Crippen LogP contribution is -2.28. The van der Waals surface area contributed by atoms with Gasteiger partial charge in [-0.1, -0.05) is 18.2 Å². The molecular formula is C12H16O2. The topological polar surface area (TPSA) is 18.5 Å². The molecule has 2 rings (SSSR count). The summed E-state index contributed by atoms with van der Waals surface area (Å²) < 4.78 is 11.4. The molecule has 2 nitrogen and oxygen atoms in total. The standard InChI is InChI=1S/C12H16O2/c1-4-10-6-11-12(14-10)5-9(7-13-11)8(2)3/h4-5,10-12H,1-2,6-7H2,3H3/t10-,11+,12+/m1/s1. The molecule has 0 unspecified atom stereocenters. The van der Waals surface area contributed by atoms with Gasteiger partial charge in [0.1, 0.15) is 6.10 Å². The van der Waals surface area contributed by atoms with Gasteiger partial charge in [0.25, 0.3) is 0 Å². The lowest BCUT2D eigenvalue weighted by atomic mass is 10.0. The Morgan fingerprint density at radius 2 is 2.43 bits per heavy atom. The first-order valence-corrected chi connectivity index (χ1v) is 4.97. The summed E-state index contributed by atoms with van der Waals surface area (Å²) in [6.07, 6.45) is 5.36. The van der Waals surface area contributed by atoms with Crippen molar-refractivity contribution in [3.63, 3.8) is 0 Å². The fourth-order valence-electron chi connectivity index (χ4n) is 1.88. The number of rotatable bonds is 2. The molecule has 0 amide bonds. The maximum Gasteiger partial charge on any atom is 0.103 e. The SMILES string of the molecule is C=C[C@@H]1C[C@@H]2OCC(C(=C)C)=C[C@@H]2O1. The van der Waals surface area contributed by atoms with E-state index in [1.165, 1.54) is 0 Å². The first-order valence-electron chi connectivity index (χ1n) is 4.97. The number of fused-ring (bicyclic) bond motifs is 1. The van der Waals surface area contributed by atoms with Crippen LogP contribution in [-0.2, 0) is 9.47 Å². The van der Waals surface area contributed by atoms with Gasteiger partial charge in [-0.15, -0.1) is 6.58 Å². The third-order valence-electron chi connectivity index (χ3n) is 2.79. The Balaban J connectivity index is 2.12. The van der Waals surface area contributed by atoms with Crippen LogP contribution in [0.4, 0.5) is 0 Å². The number of ether oxygens (including phenoxy) is 2. The van der Waals surface area contributed by atoms with Crippen LogP contribution >= 0.6 is 0 Å². The highest BCUT2D eigenvalue weighted by Gasteiger charge is 2.35. The Kier molecular flexibility index (Phi) is 2.57. The number of hydrogen-bond acceptors (Lipinski definition) is 2. The van der Waals surface area contributed by atoms with Gasteiger partial charge in [0.05, 0.1) is 18.8 Å². The van der Waals surface area contributed by atoms with E-state index in [2.05, 4.69) is 19.2 Å². The molecule has 0 saturated carbocycles. The van der Waals surface area contributed by atoms with E-state index in [-0.39, 0.29) is 18.3 Å². The quantitative estimate of drug-likeness (QED) is 0.625. The molecule has 0 radical (unpaired) electrons. The van der Waals surface area contributed by atoms with Crippen LogP contribution in [0.15, 0.2) is 36.5 Å². The average Bonchev–Trinajstić information content (AvgIpc) is 2.58. The molecule has 3 atom stereocenters. The minimum Gasteiger partial charge on any atom is -0.370 e. The Morgan fingerprint density at radius 3 is 3.07 bits per heavy atom. The van der Waals surface area contributed by atoms with Gasteiger partial charge in [0, 0.05) is 6.42 Å². The molecule has 0 spiro atoms. The Hall–Kier alpha value is -0.860. The Bertz CT molecular complexity index is 291. The molecule has 2 heterocycles. The summed E-state index contributed by atoms with van der Waals surface area (Å²) in [6, 6.07) is 0. The first kappa shape index (κ1) is 9.69. The second-order valence-corrected chi connectivity index (χ2v) is 3.93. The molecule has 0 bridgehead atoms. The Labute approximate surface area is 84.9 Å². The van der Waals surface area contributed by atoms with Crippen molar-refractivity contribution < 1.29 is 9.47 Å². The van der Waals surface area contributed by atoms with Gasteiger partial charge < -0.3 is 9.47 Å². The number of hydrogen-bond donors (Lipinski definition) is 0. The zero-order valence-electron chi connectivity index (χ0n) is 8.53. The normalized spacial score (nSPS) is 36.1. The van der Waals surface area contributed by atoms with Crippen LogP contribution in [0.1, 0.15) is 13.3 Å². The molecule has 14 heavy (non-hydrogen) atoms. The molecule has 1 saturated heterocycles. The van der Waals surface area contributed by atoms with Crippen LogP contribution in [0.25, 0.3) is 0 Å². The van der Waals surface area contributed by atoms with Crippen LogP contribution in [0.2, 0.25) is 0 Å². The molecule has 1 fully saturated rings. The van der Waals surface area contributed by atoms with E-state index in [0.29, 0.717) is 6.61 Å². The molecule has 2 aliphatic heterocycles. The van der Waals surface area contributed by atoms with Crippen molar-refractivity contribution >= 4 is 0 Å². The van der Waals surface area contributed by atoms with Crippen LogP contribution in [0.5, 0.6) is 0 Å². The fourth-order valence-corrected chi connectivity index (χ4v) is 1.88. The van der Waals surface area contributed by atoms with E-state index in [1.807, 2.05) is 13.0 Å². The predicted octanol–water partition coefficient (Wildman–Crippen LogP) is 2.23. The summed E-state index contributed by atoms with van der Waals surface area (Å²) in [7, 11) is 0. The van der Waals surface area contributed by atoms with Gasteiger partial charge in [-0.25, -0.2) is 0 Å². The van der Waals surface area contributed by atoms with Gasteiger partial charge in [0.15, 0.2) is 0 Å². The summed E-state index contributed by atoms with van der Waals surface area (Å²) in [6.45, 7) is 10.3. The van der Waals surface area contributed by atoms with Gasteiger partial charge in [-0.3, -0.25) is 0 Å². The van der Waals surface area contributed by atoms with E-state index in [1.54, 1.807) is 0 Å². The third-order valence-corrected chi connectivity index (χ3v) is 2.79. The van der Waals surface area contributed by atoms with Crippen molar-refractivity contribution in [3.05, 3.63) is 36.5 Å². The average molecular weight is 192 g/mol. The third kappa shape index (κ3) is 1.68. The van der Waals surface area contributed by atoms with E-state index in [4.69, 9.17) is 9.47 Å². The van der Waals surface area contributed by atoms with E-state index in [0.717, 1.165) is 17.6 Å². The smallest absolute Gasteiger partial charge is 0.103 e. The molecular weight excluding hydrogens is 176 g/mol. The second-order valence-electron chi connectivity index (χ2n) is 3.93. The van der Waals surface area contributed by atoms with Gasteiger partial charge >= 0.3 is 0 Å². The highest BCUT2D eigenvalue weighted by Crippen LogP contribution is 2.30. The molecule has 76 valence electrons. The summed E-state index contributed by atoms with van der Waals surface area (Å²) in [5.74, 6) is 0. The van der Waals surface area contributed by atoms with E-state index in [9.17, 15) is 0 Å². The zero-order valence-corrected chi connectivity index (χ0v) is 8.53. The largest absolute Gasteiger partial charge is 0.370 e. The summed E-state index contributed by atoms with van der Waals surface area (Å²) in [5.41, 5.74) is 2.23. The second kappa shape index (κ2) is 3.71. The maximum atomic E-state index is 5.73. The van der Waals surface area contributed by atoms with Crippen molar-refractivity contribution in [3.8, 4) is 0 Å². The highest BCUT2D eigenvalue weighted by molar-refractivity contribution is 5.30. The van der Waals surface area contributed by atoms with Gasteiger partial charge in [0.2, 0.25) is 0 Å². The van der Waals surface area contributed by atoms with Crippen LogP contribution in [-0.4, -0.2) is 24.9 Å². The monoisotopic (exact) mass is 192 g/mol. The molecule has 0 aliphatic carbocycles. The van der Waals surface area contributed by atoms with Crippen molar-refractivity contribution in [1.29, 1.82) is 0 Å². The van der Waals surface area contributed by atoms with Crippen LogP contribution in [0.3, 0.4) is 0 Å². The maximum absolute atomic E-state index is 5.73. The van der Waals surface area contributed by atoms with Crippen molar-refractivity contribution in [2.75, 3.05) is 6.61 Å². The Morgan fingerprint density at radius 1 is 1.64 bits per heavy atom. The minimum atomic E-state index is 0.0958. The van der Waals surface area contributed by atoms with Crippen molar-refractivity contribution in [2.45, 2.75) is 31.7 Å². The lowest BCUT2D eigenvalue weighted by molar-refractivity contribution is 0.00438. The lowest BCUT2D eigenvalue weighted by Gasteiger charge is -2.23. The molecule has 2 aliphatic rings. The fraction of sp³-hybridized carbons (Fsp3) is 0.500. The molecule has 0 N–H and O–H groups in total. The zero-order chi connectivity index (χ0) is 10.1. The van der Waals surface area contributed by atoms with Gasteiger partial charge in [-0.2, -0.15) is 0 Å². The summed E-state index contributed by atoms with van der Waals surface area (Å²) in [5, 5.41) is 0. The van der Waals surface area contributed by atoms with Crippen LogP contribution < -0.4 is 0 Å². The predicted molar refractivity (Wildman–Crippen MR) is 56.1 cm³/mol. The van der Waals surface area contributed by atoms with E-state index >= 15 is 0 Å². The summed E-state index contributed by atoms with van der Waals surface area (Å²) in [4.78, 5) is 0. The molecule has 0 aromatic heterocycles. The minimum absolute atomic E-state index is 0.0958. The van der Waals surface area contributed by atoms with Crippen LogP contribution in [0, 0.1) is 0 Å². The van der Waals surface area contributed by atoms with E-state index < -0.39 is 0 Å². The molecule has 0 aromatic rings. The first-order chi connectivity index (χ1) is 6.70. The van der Waals surface area contributed by atoms with Crippen molar-refractivity contribution in [2.24, 2.45) is 0 Å². The highest BCUT2D eigenvalue weighted by atomic mass is 16.6.